The summed E-state index contributed by atoms with van der Waals surface area (Å²) in [4.78, 5) is 26.9. The third-order valence-electron chi connectivity index (χ3n) is 2.41. The van der Waals surface area contributed by atoms with E-state index in [1.165, 1.54) is 0 Å². The van der Waals surface area contributed by atoms with Crippen LogP contribution in [-0.2, 0) is 16.0 Å². The van der Waals surface area contributed by atoms with E-state index in [-0.39, 0.29) is 18.7 Å². The molecule has 0 aliphatic rings. The maximum atomic E-state index is 11.3. The maximum Gasteiger partial charge on any atom is 0.303 e. The number of aliphatic carboxylic acids is 1. The van der Waals surface area contributed by atoms with Crippen LogP contribution in [0.25, 0.3) is 4.96 Å². The van der Waals surface area contributed by atoms with Gasteiger partial charge in [0.25, 0.3) is 0 Å². The molecule has 0 aliphatic heterocycles. The molecule has 96 valence electrons. The second-order valence-electron chi connectivity index (χ2n) is 3.82. The van der Waals surface area contributed by atoms with Crippen LogP contribution >= 0.6 is 11.3 Å². The van der Waals surface area contributed by atoms with Gasteiger partial charge in [-0.3, -0.25) is 14.0 Å². The Morgan fingerprint density at radius 2 is 2.28 bits per heavy atom. The van der Waals surface area contributed by atoms with Crippen molar-refractivity contribution in [3.05, 3.63) is 23.5 Å². The summed E-state index contributed by atoms with van der Waals surface area (Å²) in [6.45, 7) is 0.475. The zero-order chi connectivity index (χ0) is 13.0. The Bertz CT molecular complexity index is 532. The summed E-state index contributed by atoms with van der Waals surface area (Å²) in [6, 6.07) is 0. The Morgan fingerprint density at radius 1 is 1.44 bits per heavy atom. The lowest BCUT2D eigenvalue weighted by Gasteiger charge is -2.01. The molecule has 18 heavy (non-hydrogen) atoms. The fraction of sp³-hybridized carbons (Fsp3) is 0.364. The van der Waals surface area contributed by atoms with Crippen LogP contribution in [0.15, 0.2) is 17.8 Å². The van der Waals surface area contributed by atoms with E-state index in [4.69, 9.17) is 5.11 Å². The molecule has 0 saturated heterocycles. The molecular weight excluding hydrogens is 254 g/mol. The highest BCUT2D eigenvalue weighted by atomic mass is 32.1. The predicted molar refractivity (Wildman–Crippen MR) is 66.7 cm³/mol. The smallest absolute Gasteiger partial charge is 0.303 e. The van der Waals surface area contributed by atoms with Gasteiger partial charge in [-0.15, -0.1) is 11.3 Å². The summed E-state index contributed by atoms with van der Waals surface area (Å²) in [5.41, 5.74) is 0.917. The number of thiazole rings is 1. The Kier molecular flexibility index (Phi) is 3.93. The molecular formula is C11H13N3O3S. The monoisotopic (exact) mass is 267 g/mol. The molecule has 0 spiro atoms. The van der Waals surface area contributed by atoms with Gasteiger partial charge in [0.15, 0.2) is 4.96 Å². The molecule has 0 unspecified atom stereocenters. The van der Waals surface area contributed by atoms with E-state index in [1.54, 1.807) is 11.3 Å². The molecule has 2 aromatic rings. The number of carboxylic acid groups (broad SMARTS) is 1. The van der Waals surface area contributed by atoms with Gasteiger partial charge in [0.05, 0.1) is 12.1 Å². The first-order valence-electron chi connectivity index (χ1n) is 5.55. The first-order chi connectivity index (χ1) is 8.65. The van der Waals surface area contributed by atoms with Gasteiger partial charge in [-0.2, -0.15) is 0 Å². The van der Waals surface area contributed by atoms with Crippen molar-refractivity contribution in [3.8, 4) is 0 Å². The summed E-state index contributed by atoms with van der Waals surface area (Å²) in [6.07, 6.45) is 4.39. The Morgan fingerprint density at radius 3 is 3.00 bits per heavy atom. The summed E-state index contributed by atoms with van der Waals surface area (Å²) < 4.78 is 1.94. The molecule has 0 atom stereocenters. The predicted octanol–water partition coefficient (Wildman–Crippen LogP) is 0.919. The van der Waals surface area contributed by atoms with Crippen LogP contribution in [0.1, 0.15) is 18.5 Å². The average molecular weight is 267 g/mol. The highest BCUT2D eigenvalue weighted by Crippen LogP contribution is 2.11. The number of carbonyl (C=O) groups excluding carboxylic acids is 1. The van der Waals surface area contributed by atoms with Gasteiger partial charge >= 0.3 is 5.97 Å². The van der Waals surface area contributed by atoms with Crippen LogP contribution in [0.5, 0.6) is 0 Å². The highest BCUT2D eigenvalue weighted by Gasteiger charge is 2.06. The molecule has 2 rings (SSSR count). The summed E-state index contributed by atoms with van der Waals surface area (Å²) >= 11 is 1.56. The largest absolute Gasteiger partial charge is 0.481 e. The second kappa shape index (κ2) is 5.63. The molecule has 2 aromatic heterocycles. The minimum Gasteiger partial charge on any atom is -0.481 e. The first-order valence-corrected chi connectivity index (χ1v) is 6.42. The number of amides is 1. The number of rotatable bonds is 6. The van der Waals surface area contributed by atoms with Gasteiger partial charge in [0.1, 0.15) is 0 Å². The minimum atomic E-state index is -0.959. The van der Waals surface area contributed by atoms with E-state index in [9.17, 15) is 9.59 Å². The van der Waals surface area contributed by atoms with Crippen molar-refractivity contribution in [3.63, 3.8) is 0 Å². The topological polar surface area (TPSA) is 83.7 Å². The number of nitrogens with one attached hydrogen (secondary N) is 1. The molecule has 0 aliphatic carbocycles. The SMILES string of the molecule is O=C(O)CCC(=O)NCCc1cn2ccsc2n1. The maximum absolute atomic E-state index is 11.3. The standard InChI is InChI=1S/C11H13N3O3S/c15-9(1-2-10(16)17)12-4-3-8-7-14-5-6-18-11(14)13-8/h5-7H,1-4H2,(H,12,15)(H,16,17). The van der Waals surface area contributed by atoms with Crippen molar-refractivity contribution < 1.29 is 14.7 Å². The van der Waals surface area contributed by atoms with Crippen LogP contribution < -0.4 is 5.32 Å². The van der Waals surface area contributed by atoms with Gasteiger partial charge in [0.2, 0.25) is 5.91 Å². The molecule has 0 bridgehead atoms. The Balaban J connectivity index is 1.73. The fourth-order valence-corrected chi connectivity index (χ4v) is 2.25. The van der Waals surface area contributed by atoms with Crippen molar-refractivity contribution in [2.75, 3.05) is 6.54 Å². The zero-order valence-corrected chi connectivity index (χ0v) is 10.4. The van der Waals surface area contributed by atoms with E-state index < -0.39 is 5.97 Å². The Labute approximate surface area is 107 Å². The van der Waals surface area contributed by atoms with Crippen molar-refractivity contribution in [2.45, 2.75) is 19.3 Å². The summed E-state index contributed by atoms with van der Waals surface area (Å²) in [7, 11) is 0. The number of imidazole rings is 1. The molecule has 2 N–H and O–H groups in total. The van der Waals surface area contributed by atoms with E-state index in [1.807, 2.05) is 22.2 Å². The quantitative estimate of drug-likeness (QED) is 0.815. The van der Waals surface area contributed by atoms with Gasteiger partial charge in [-0.25, -0.2) is 4.98 Å². The summed E-state index contributed by atoms with van der Waals surface area (Å²) in [5, 5.41) is 13.1. The fourth-order valence-electron chi connectivity index (χ4n) is 1.54. The van der Waals surface area contributed by atoms with Crippen molar-refractivity contribution in [1.29, 1.82) is 0 Å². The third kappa shape index (κ3) is 3.30. The number of hydrogen-bond donors (Lipinski definition) is 2. The number of fused-ring (bicyclic) bond motifs is 1. The Hall–Kier alpha value is -1.89. The minimum absolute atomic E-state index is 0.0214. The number of carboxylic acids is 1. The summed E-state index contributed by atoms with van der Waals surface area (Å²) in [5.74, 6) is -1.20. The van der Waals surface area contributed by atoms with E-state index >= 15 is 0 Å². The molecule has 0 saturated carbocycles. The molecule has 0 radical (unpaired) electrons. The second-order valence-corrected chi connectivity index (χ2v) is 4.69. The molecule has 1 amide bonds. The van der Waals surface area contributed by atoms with Crippen molar-refractivity contribution in [2.24, 2.45) is 0 Å². The zero-order valence-electron chi connectivity index (χ0n) is 9.63. The van der Waals surface area contributed by atoms with Crippen LogP contribution in [0.3, 0.4) is 0 Å². The number of nitrogens with zero attached hydrogens (tertiary/aromatic N) is 2. The van der Waals surface area contributed by atoms with Crippen LogP contribution in [0.2, 0.25) is 0 Å². The van der Waals surface area contributed by atoms with Crippen LogP contribution in [0, 0.1) is 0 Å². The lowest BCUT2D eigenvalue weighted by atomic mass is 10.3. The average Bonchev–Trinajstić information content (AvgIpc) is 2.86. The van der Waals surface area contributed by atoms with E-state index in [0.717, 1.165) is 10.7 Å². The number of hydrogen-bond acceptors (Lipinski definition) is 4. The van der Waals surface area contributed by atoms with Crippen LogP contribution in [-0.4, -0.2) is 32.9 Å². The molecule has 0 fully saturated rings. The van der Waals surface area contributed by atoms with Crippen molar-refractivity contribution in [1.82, 2.24) is 14.7 Å². The molecule has 7 heteroatoms. The lowest BCUT2D eigenvalue weighted by Crippen LogP contribution is -2.26. The molecule has 6 nitrogen and oxygen atoms in total. The van der Waals surface area contributed by atoms with Gasteiger partial charge < -0.3 is 10.4 Å². The molecule has 0 aromatic carbocycles. The van der Waals surface area contributed by atoms with E-state index in [2.05, 4.69) is 10.3 Å². The number of carbonyl (C=O) groups is 2. The van der Waals surface area contributed by atoms with Crippen LogP contribution in [0.4, 0.5) is 0 Å². The third-order valence-corrected chi connectivity index (χ3v) is 3.18. The highest BCUT2D eigenvalue weighted by molar-refractivity contribution is 7.15. The van der Waals surface area contributed by atoms with E-state index in [0.29, 0.717) is 13.0 Å². The van der Waals surface area contributed by atoms with Crippen molar-refractivity contribution >= 4 is 28.2 Å². The van der Waals surface area contributed by atoms with Gasteiger partial charge in [0, 0.05) is 37.2 Å². The van der Waals surface area contributed by atoms with Gasteiger partial charge in [-0.1, -0.05) is 0 Å². The van der Waals surface area contributed by atoms with Gasteiger partial charge in [-0.05, 0) is 0 Å². The first kappa shape index (κ1) is 12.6. The normalized spacial score (nSPS) is 10.7. The lowest BCUT2D eigenvalue weighted by molar-refractivity contribution is -0.138. The number of aromatic nitrogens is 2. The molecule has 2 heterocycles.